The molecule has 0 spiro atoms. The van der Waals surface area contributed by atoms with Gasteiger partial charge in [0, 0.05) is 19.1 Å². The zero-order valence-corrected chi connectivity index (χ0v) is 11.2. The third-order valence-electron chi connectivity index (χ3n) is 2.90. The first-order chi connectivity index (χ1) is 7.33. The van der Waals surface area contributed by atoms with E-state index >= 15 is 0 Å². The predicted molar refractivity (Wildman–Crippen MR) is 66.7 cm³/mol. The Morgan fingerprint density at radius 1 is 1.38 bits per heavy atom. The van der Waals surface area contributed by atoms with E-state index < -0.39 is 11.4 Å². The Kier molecular flexibility index (Phi) is 6.60. The van der Waals surface area contributed by atoms with Gasteiger partial charge in [-0.05, 0) is 33.9 Å². The monoisotopic (exact) mass is 230 g/mol. The van der Waals surface area contributed by atoms with E-state index in [4.69, 9.17) is 5.11 Å². The topological polar surface area (TPSA) is 52.6 Å². The van der Waals surface area contributed by atoms with Gasteiger partial charge in [0.05, 0.1) is 5.41 Å². The van der Waals surface area contributed by atoms with Crippen molar-refractivity contribution in [3.8, 4) is 0 Å². The minimum Gasteiger partial charge on any atom is -0.481 e. The number of hydrogen-bond acceptors (Lipinski definition) is 3. The minimum atomic E-state index is -0.755. The zero-order valence-electron chi connectivity index (χ0n) is 11.2. The predicted octanol–water partition coefficient (Wildman–Crippen LogP) is 1.42. The SMILES string of the molecule is CCN(CC)CC(C)NCC(C)(C)C(=O)O. The fraction of sp³-hybridized carbons (Fsp3) is 0.917. The summed E-state index contributed by atoms with van der Waals surface area (Å²) in [6.45, 7) is 13.4. The van der Waals surface area contributed by atoms with E-state index in [0.29, 0.717) is 12.6 Å². The van der Waals surface area contributed by atoms with Crippen LogP contribution in [0, 0.1) is 5.41 Å². The molecule has 16 heavy (non-hydrogen) atoms. The van der Waals surface area contributed by atoms with Gasteiger partial charge in [-0.1, -0.05) is 13.8 Å². The Bertz CT molecular complexity index is 213. The maximum absolute atomic E-state index is 10.9. The molecule has 0 bridgehead atoms. The third-order valence-corrected chi connectivity index (χ3v) is 2.90. The highest BCUT2D eigenvalue weighted by Crippen LogP contribution is 2.13. The first-order valence-corrected chi connectivity index (χ1v) is 6.02. The van der Waals surface area contributed by atoms with E-state index in [1.807, 2.05) is 0 Å². The van der Waals surface area contributed by atoms with Crippen molar-refractivity contribution < 1.29 is 9.90 Å². The van der Waals surface area contributed by atoms with Crippen molar-refractivity contribution in [2.24, 2.45) is 5.41 Å². The molecule has 0 aliphatic rings. The van der Waals surface area contributed by atoms with Crippen LogP contribution in [0.2, 0.25) is 0 Å². The highest BCUT2D eigenvalue weighted by atomic mass is 16.4. The normalized spacial score (nSPS) is 14.1. The summed E-state index contributed by atoms with van der Waals surface area (Å²) in [5.74, 6) is -0.755. The molecule has 1 atom stereocenters. The number of carboxylic acid groups (broad SMARTS) is 1. The maximum atomic E-state index is 10.9. The Labute approximate surface area is 99.0 Å². The van der Waals surface area contributed by atoms with E-state index in [-0.39, 0.29) is 0 Å². The van der Waals surface area contributed by atoms with E-state index in [1.165, 1.54) is 0 Å². The summed E-state index contributed by atoms with van der Waals surface area (Å²) in [6, 6.07) is 0.318. The van der Waals surface area contributed by atoms with E-state index in [0.717, 1.165) is 19.6 Å². The fourth-order valence-corrected chi connectivity index (χ4v) is 1.44. The van der Waals surface area contributed by atoms with Crippen molar-refractivity contribution in [1.29, 1.82) is 0 Å². The zero-order chi connectivity index (χ0) is 12.8. The number of hydrogen-bond donors (Lipinski definition) is 2. The molecule has 0 rings (SSSR count). The quantitative estimate of drug-likeness (QED) is 0.662. The van der Waals surface area contributed by atoms with Crippen LogP contribution < -0.4 is 5.32 Å². The number of likely N-dealkylation sites (N-methyl/N-ethyl adjacent to an activating group) is 1. The van der Waals surface area contributed by atoms with Crippen LogP contribution in [-0.2, 0) is 4.79 Å². The Hall–Kier alpha value is -0.610. The molecule has 96 valence electrons. The van der Waals surface area contributed by atoms with Gasteiger partial charge in [-0.15, -0.1) is 0 Å². The van der Waals surface area contributed by atoms with E-state index in [2.05, 4.69) is 31.0 Å². The van der Waals surface area contributed by atoms with Crippen molar-refractivity contribution in [3.05, 3.63) is 0 Å². The molecule has 0 fully saturated rings. The summed E-state index contributed by atoms with van der Waals surface area (Å²) in [4.78, 5) is 13.2. The summed E-state index contributed by atoms with van der Waals surface area (Å²) in [5, 5.41) is 12.3. The molecule has 0 saturated heterocycles. The van der Waals surface area contributed by atoms with Gasteiger partial charge in [-0.2, -0.15) is 0 Å². The van der Waals surface area contributed by atoms with Gasteiger partial charge in [-0.25, -0.2) is 0 Å². The molecule has 0 saturated carbocycles. The summed E-state index contributed by atoms with van der Waals surface area (Å²) < 4.78 is 0. The molecule has 4 heteroatoms. The molecule has 0 radical (unpaired) electrons. The van der Waals surface area contributed by atoms with Gasteiger partial charge in [0.1, 0.15) is 0 Å². The van der Waals surface area contributed by atoms with Gasteiger partial charge in [-0.3, -0.25) is 4.79 Å². The van der Waals surface area contributed by atoms with Gasteiger partial charge in [0.25, 0.3) is 0 Å². The number of carboxylic acids is 1. The van der Waals surface area contributed by atoms with E-state index in [1.54, 1.807) is 13.8 Å². The standard InChI is InChI=1S/C12H26N2O2/c1-6-14(7-2)8-10(3)13-9-12(4,5)11(15)16/h10,13H,6-9H2,1-5H3,(H,15,16). The van der Waals surface area contributed by atoms with Crippen molar-refractivity contribution in [2.75, 3.05) is 26.2 Å². The van der Waals surface area contributed by atoms with Crippen LogP contribution >= 0.6 is 0 Å². The average Bonchev–Trinajstić information content (AvgIpc) is 2.23. The number of nitrogens with one attached hydrogen (secondary N) is 1. The second-order valence-electron chi connectivity index (χ2n) is 4.96. The second-order valence-corrected chi connectivity index (χ2v) is 4.96. The van der Waals surface area contributed by atoms with Crippen molar-refractivity contribution in [2.45, 2.75) is 40.7 Å². The lowest BCUT2D eigenvalue weighted by Gasteiger charge is -2.26. The van der Waals surface area contributed by atoms with Crippen molar-refractivity contribution in [1.82, 2.24) is 10.2 Å². The van der Waals surface area contributed by atoms with Crippen LogP contribution in [0.4, 0.5) is 0 Å². The molecular weight excluding hydrogens is 204 g/mol. The number of aliphatic carboxylic acids is 1. The molecule has 0 aromatic rings. The van der Waals surface area contributed by atoms with Gasteiger partial charge >= 0.3 is 5.97 Å². The molecule has 0 aliphatic heterocycles. The highest BCUT2D eigenvalue weighted by Gasteiger charge is 2.27. The number of carbonyl (C=O) groups is 1. The molecule has 0 heterocycles. The minimum absolute atomic E-state index is 0.318. The molecule has 0 aromatic heterocycles. The Balaban J connectivity index is 3.98. The molecule has 0 amide bonds. The fourth-order valence-electron chi connectivity index (χ4n) is 1.44. The summed E-state index contributed by atoms with van der Waals surface area (Å²) in [6.07, 6.45) is 0. The lowest BCUT2D eigenvalue weighted by atomic mass is 9.93. The van der Waals surface area contributed by atoms with Gasteiger partial charge in [0.2, 0.25) is 0 Å². The summed E-state index contributed by atoms with van der Waals surface area (Å²) in [5.41, 5.74) is -0.697. The largest absolute Gasteiger partial charge is 0.481 e. The first-order valence-electron chi connectivity index (χ1n) is 6.02. The van der Waals surface area contributed by atoms with Gasteiger partial charge < -0.3 is 15.3 Å². The molecule has 4 nitrogen and oxygen atoms in total. The van der Waals surface area contributed by atoms with Crippen LogP contribution in [0.15, 0.2) is 0 Å². The second kappa shape index (κ2) is 6.86. The lowest BCUT2D eigenvalue weighted by Crippen LogP contribution is -2.44. The third kappa shape index (κ3) is 5.47. The Morgan fingerprint density at radius 2 is 1.88 bits per heavy atom. The molecule has 2 N–H and O–H groups in total. The summed E-state index contributed by atoms with van der Waals surface area (Å²) >= 11 is 0. The molecule has 0 aromatic carbocycles. The molecule has 1 unspecified atom stereocenters. The molecular formula is C12H26N2O2. The van der Waals surface area contributed by atoms with E-state index in [9.17, 15) is 4.79 Å². The van der Waals surface area contributed by atoms with Crippen LogP contribution in [0.5, 0.6) is 0 Å². The van der Waals surface area contributed by atoms with Crippen LogP contribution in [0.3, 0.4) is 0 Å². The highest BCUT2D eigenvalue weighted by molar-refractivity contribution is 5.73. The smallest absolute Gasteiger partial charge is 0.310 e. The van der Waals surface area contributed by atoms with Crippen molar-refractivity contribution in [3.63, 3.8) is 0 Å². The maximum Gasteiger partial charge on any atom is 0.310 e. The number of rotatable bonds is 8. The average molecular weight is 230 g/mol. The molecule has 0 aliphatic carbocycles. The van der Waals surface area contributed by atoms with Crippen molar-refractivity contribution >= 4 is 5.97 Å². The van der Waals surface area contributed by atoms with Crippen LogP contribution in [-0.4, -0.2) is 48.2 Å². The lowest BCUT2D eigenvalue weighted by molar-refractivity contribution is -0.146. The van der Waals surface area contributed by atoms with Crippen LogP contribution in [0.25, 0.3) is 0 Å². The van der Waals surface area contributed by atoms with Gasteiger partial charge in [0.15, 0.2) is 0 Å². The summed E-state index contributed by atoms with van der Waals surface area (Å²) in [7, 11) is 0. The number of nitrogens with zero attached hydrogens (tertiary/aromatic N) is 1. The van der Waals surface area contributed by atoms with Crippen LogP contribution in [0.1, 0.15) is 34.6 Å². The first kappa shape index (κ1) is 15.4. The Morgan fingerprint density at radius 3 is 2.25 bits per heavy atom.